The highest BCUT2D eigenvalue weighted by atomic mass is 32.2. The predicted octanol–water partition coefficient (Wildman–Crippen LogP) is 3.81. The van der Waals surface area contributed by atoms with Crippen molar-refractivity contribution < 1.29 is 14.7 Å². The number of nitrogens with one attached hydrogen (secondary N) is 1. The molecule has 0 aliphatic carbocycles. The highest BCUT2D eigenvalue weighted by molar-refractivity contribution is 7.99. The van der Waals surface area contributed by atoms with E-state index in [1.54, 1.807) is 23.1 Å². The second-order valence-corrected chi connectivity index (χ2v) is 8.79. The summed E-state index contributed by atoms with van der Waals surface area (Å²) in [6.07, 6.45) is 0.474. The molecule has 3 heterocycles. The number of thiophene rings is 2. The molecule has 0 bridgehead atoms. The summed E-state index contributed by atoms with van der Waals surface area (Å²) in [5.41, 5.74) is -1.12. The minimum absolute atomic E-state index is 0.285. The van der Waals surface area contributed by atoms with Crippen LogP contribution in [0.3, 0.4) is 0 Å². The Bertz CT molecular complexity index is 921. The number of carbonyl (C=O) groups excluding carboxylic acids is 1. The normalized spacial score (nSPS) is 21.0. The standard InChI is InChI=1S/C16H13NO3S3/c18-14(17-16(15(19)20)5-6-21-8-16)12-7-11-13(23-12)9-3-1-2-4-10(9)22-11/h1-4,7H,5-6,8H2,(H,17,18)(H,19,20). The van der Waals surface area contributed by atoms with E-state index >= 15 is 0 Å². The molecule has 23 heavy (non-hydrogen) atoms. The van der Waals surface area contributed by atoms with Gasteiger partial charge in [0.25, 0.3) is 5.91 Å². The Labute approximate surface area is 144 Å². The molecule has 1 amide bonds. The molecule has 0 saturated carbocycles. The van der Waals surface area contributed by atoms with Crippen LogP contribution >= 0.6 is 34.4 Å². The van der Waals surface area contributed by atoms with Gasteiger partial charge in [0, 0.05) is 20.5 Å². The van der Waals surface area contributed by atoms with Gasteiger partial charge in [-0.3, -0.25) is 4.79 Å². The minimum atomic E-state index is -1.12. The lowest BCUT2D eigenvalue weighted by Crippen LogP contribution is -2.54. The number of thioether (sulfide) groups is 1. The van der Waals surface area contributed by atoms with Crippen LogP contribution in [0.25, 0.3) is 19.5 Å². The summed E-state index contributed by atoms with van der Waals surface area (Å²) in [4.78, 5) is 24.7. The molecule has 2 aromatic heterocycles. The van der Waals surface area contributed by atoms with Crippen LogP contribution < -0.4 is 5.32 Å². The van der Waals surface area contributed by atoms with Gasteiger partial charge < -0.3 is 10.4 Å². The quantitative estimate of drug-likeness (QED) is 0.743. The first kappa shape index (κ1) is 15.0. The molecule has 2 N–H and O–H groups in total. The van der Waals surface area contributed by atoms with Crippen LogP contribution in [-0.4, -0.2) is 34.0 Å². The number of carbonyl (C=O) groups is 2. The maximum absolute atomic E-state index is 12.5. The third kappa shape index (κ3) is 2.43. The summed E-state index contributed by atoms with van der Waals surface area (Å²) in [5, 5.41) is 13.4. The summed E-state index contributed by atoms with van der Waals surface area (Å²) < 4.78 is 3.38. The zero-order chi connectivity index (χ0) is 16.0. The van der Waals surface area contributed by atoms with Crippen molar-refractivity contribution in [1.29, 1.82) is 0 Å². The zero-order valence-corrected chi connectivity index (χ0v) is 14.4. The van der Waals surface area contributed by atoms with Gasteiger partial charge in [-0.15, -0.1) is 22.7 Å². The monoisotopic (exact) mass is 363 g/mol. The minimum Gasteiger partial charge on any atom is -0.479 e. The van der Waals surface area contributed by atoms with Gasteiger partial charge in [0.1, 0.15) is 5.54 Å². The van der Waals surface area contributed by atoms with E-state index in [4.69, 9.17) is 0 Å². The summed E-state index contributed by atoms with van der Waals surface area (Å²) in [7, 11) is 0. The molecule has 7 heteroatoms. The topological polar surface area (TPSA) is 66.4 Å². The van der Waals surface area contributed by atoms with Crippen LogP contribution in [-0.2, 0) is 4.79 Å². The summed E-state index contributed by atoms with van der Waals surface area (Å²) in [6, 6.07) is 9.99. The Kier molecular flexibility index (Phi) is 3.59. The smallest absolute Gasteiger partial charge is 0.330 e. The third-order valence-corrected chi connectivity index (χ3v) is 7.66. The molecule has 0 radical (unpaired) electrons. The summed E-state index contributed by atoms with van der Waals surface area (Å²) >= 11 is 4.66. The van der Waals surface area contributed by atoms with Crippen molar-refractivity contribution >= 4 is 65.8 Å². The van der Waals surface area contributed by atoms with Crippen LogP contribution in [0.5, 0.6) is 0 Å². The molecule has 1 aromatic carbocycles. The van der Waals surface area contributed by atoms with E-state index in [1.165, 1.54) is 16.0 Å². The van der Waals surface area contributed by atoms with Gasteiger partial charge in [-0.25, -0.2) is 4.79 Å². The second-order valence-electron chi connectivity index (χ2n) is 5.55. The maximum atomic E-state index is 12.5. The number of rotatable bonds is 3. The zero-order valence-electron chi connectivity index (χ0n) is 12.0. The molecule has 1 unspecified atom stereocenters. The second kappa shape index (κ2) is 5.51. The Morgan fingerprint density at radius 2 is 2.00 bits per heavy atom. The van der Waals surface area contributed by atoms with Gasteiger partial charge >= 0.3 is 5.97 Å². The molecule has 1 aliphatic heterocycles. The lowest BCUT2D eigenvalue weighted by Gasteiger charge is -2.24. The Balaban J connectivity index is 1.68. The number of fused-ring (bicyclic) bond motifs is 3. The molecule has 0 spiro atoms. The predicted molar refractivity (Wildman–Crippen MR) is 97.0 cm³/mol. The highest BCUT2D eigenvalue weighted by Gasteiger charge is 2.43. The fraction of sp³-hybridized carbons (Fsp3) is 0.250. The van der Waals surface area contributed by atoms with Gasteiger partial charge in [-0.2, -0.15) is 11.8 Å². The van der Waals surface area contributed by atoms with E-state index in [-0.39, 0.29) is 5.91 Å². The molecular weight excluding hydrogens is 350 g/mol. The van der Waals surface area contributed by atoms with Crippen molar-refractivity contribution in [2.75, 3.05) is 11.5 Å². The highest BCUT2D eigenvalue weighted by Crippen LogP contribution is 2.39. The molecule has 4 nitrogen and oxygen atoms in total. The van der Waals surface area contributed by atoms with Crippen molar-refractivity contribution in [3.63, 3.8) is 0 Å². The van der Waals surface area contributed by atoms with Crippen molar-refractivity contribution in [1.82, 2.24) is 5.32 Å². The van der Waals surface area contributed by atoms with Crippen LogP contribution in [0.4, 0.5) is 0 Å². The van der Waals surface area contributed by atoms with Gasteiger partial charge in [0.2, 0.25) is 0 Å². The number of hydrogen-bond acceptors (Lipinski definition) is 5. The van der Waals surface area contributed by atoms with E-state index < -0.39 is 11.5 Å². The number of aliphatic carboxylic acids is 1. The van der Waals surface area contributed by atoms with Gasteiger partial charge in [0.15, 0.2) is 0 Å². The number of carboxylic acids is 1. The van der Waals surface area contributed by atoms with E-state index in [0.29, 0.717) is 17.1 Å². The van der Waals surface area contributed by atoms with E-state index in [9.17, 15) is 14.7 Å². The lowest BCUT2D eigenvalue weighted by atomic mass is 9.99. The van der Waals surface area contributed by atoms with Gasteiger partial charge in [-0.1, -0.05) is 18.2 Å². The molecule has 118 valence electrons. The van der Waals surface area contributed by atoms with E-state index in [0.717, 1.165) is 20.5 Å². The summed E-state index contributed by atoms with van der Waals surface area (Å²) in [6.45, 7) is 0. The first-order chi connectivity index (χ1) is 11.1. The molecule has 3 aromatic rings. The van der Waals surface area contributed by atoms with Crippen molar-refractivity contribution in [2.45, 2.75) is 12.0 Å². The number of amides is 1. The van der Waals surface area contributed by atoms with E-state index in [2.05, 4.69) is 17.4 Å². The summed E-state index contributed by atoms with van der Waals surface area (Å²) in [5.74, 6) is -0.0416. The molecule has 1 fully saturated rings. The third-order valence-electron chi connectivity index (χ3n) is 4.06. The fourth-order valence-electron chi connectivity index (χ4n) is 2.78. The fourth-order valence-corrected chi connectivity index (χ4v) is 6.52. The first-order valence-corrected chi connectivity index (χ1v) is 9.93. The number of carboxylic acid groups (broad SMARTS) is 1. The Morgan fingerprint density at radius 1 is 1.17 bits per heavy atom. The van der Waals surface area contributed by atoms with Crippen LogP contribution in [0.2, 0.25) is 0 Å². The molecular formula is C16H13NO3S3. The largest absolute Gasteiger partial charge is 0.479 e. The lowest BCUT2D eigenvalue weighted by molar-refractivity contribution is -0.143. The molecule has 1 saturated heterocycles. The van der Waals surface area contributed by atoms with Crippen molar-refractivity contribution in [3.8, 4) is 0 Å². The SMILES string of the molecule is O=C(NC1(C(=O)O)CCSC1)c1cc2sc3ccccc3c2s1. The number of benzene rings is 1. The van der Waals surface area contributed by atoms with Gasteiger partial charge in [-0.05, 0) is 24.3 Å². The maximum Gasteiger partial charge on any atom is 0.330 e. The Hall–Kier alpha value is -1.57. The number of hydrogen-bond donors (Lipinski definition) is 2. The average Bonchev–Trinajstić information content (AvgIpc) is 3.20. The van der Waals surface area contributed by atoms with Crippen molar-refractivity contribution in [3.05, 3.63) is 35.2 Å². The Morgan fingerprint density at radius 3 is 2.74 bits per heavy atom. The molecule has 1 atom stereocenters. The van der Waals surface area contributed by atoms with Gasteiger partial charge in [0.05, 0.1) is 9.58 Å². The van der Waals surface area contributed by atoms with E-state index in [1.807, 2.05) is 18.2 Å². The molecule has 4 rings (SSSR count). The van der Waals surface area contributed by atoms with Crippen molar-refractivity contribution in [2.24, 2.45) is 0 Å². The van der Waals surface area contributed by atoms with Crippen LogP contribution in [0.1, 0.15) is 16.1 Å². The van der Waals surface area contributed by atoms with Crippen LogP contribution in [0, 0.1) is 0 Å². The molecule has 1 aliphatic rings. The first-order valence-electron chi connectivity index (χ1n) is 7.14. The average molecular weight is 363 g/mol. The van der Waals surface area contributed by atoms with Crippen LogP contribution in [0.15, 0.2) is 30.3 Å².